The summed E-state index contributed by atoms with van der Waals surface area (Å²) in [7, 11) is 0. The Bertz CT molecular complexity index is 358. The maximum Gasteiger partial charge on any atom is 0.272 e. The van der Waals surface area contributed by atoms with Gasteiger partial charge in [-0.2, -0.15) is 5.26 Å². The lowest BCUT2D eigenvalue weighted by Gasteiger charge is -2.06. The molecular formula is C10H9F2NO. The first-order valence-electron chi connectivity index (χ1n) is 4.05. The second kappa shape index (κ2) is 4.56. The minimum atomic E-state index is -2.48. The SMILES string of the molecule is Cc1cc(OCC(F)F)ccc1C#N. The molecule has 0 radical (unpaired) electrons. The first kappa shape index (κ1) is 10.5. The van der Waals surface area contributed by atoms with Gasteiger partial charge in [0.25, 0.3) is 6.43 Å². The molecule has 0 aromatic heterocycles. The fourth-order valence-electron chi connectivity index (χ4n) is 1.01. The Labute approximate surface area is 80.7 Å². The molecule has 14 heavy (non-hydrogen) atoms. The zero-order chi connectivity index (χ0) is 10.6. The molecule has 1 aromatic rings. The van der Waals surface area contributed by atoms with Crippen LogP contribution in [0.2, 0.25) is 0 Å². The lowest BCUT2D eigenvalue weighted by molar-refractivity contribution is 0.0819. The zero-order valence-corrected chi connectivity index (χ0v) is 7.63. The van der Waals surface area contributed by atoms with E-state index in [2.05, 4.69) is 0 Å². The number of hydrogen-bond donors (Lipinski definition) is 0. The predicted octanol–water partition coefficient (Wildman–Crippen LogP) is 2.51. The molecule has 1 rings (SSSR count). The normalized spacial score (nSPS) is 9.93. The highest BCUT2D eigenvalue weighted by Crippen LogP contribution is 2.16. The van der Waals surface area contributed by atoms with Crippen molar-refractivity contribution in [1.29, 1.82) is 5.26 Å². The maximum absolute atomic E-state index is 11.8. The van der Waals surface area contributed by atoms with Crippen LogP contribution in [0.15, 0.2) is 18.2 Å². The Morgan fingerprint density at radius 1 is 1.50 bits per heavy atom. The van der Waals surface area contributed by atoms with Crippen molar-refractivity contribution in [2.24, 2.45) is 0 Å². The third-order valence-electron chi connectivity index (χ3n) is 1.69. The molecule has 0 aliphatic rings. The summed E-state index contributed by atoms with van der Waals surface area (Å²) in [6, 6.07) is 6.61. The first-order chi connectivity index (χ1) is 6.63. The number of alkyl halides is 2. The van der Waals surface area contributed by atoms with E-state index < -0.39 is 13.0 Å². The molecule has 0 bridgehead atoms. The Hall–Kier alpha value is -1.63. The second-order valence-electron chi connectivity index (χ2n) is 2.79. The van der Waals surface area contributed by atoms with Gasteiger partial charge in [-0.15, -0.1) is 0 Å². The Kier molecular flexibility index (Phi) is 3.41. The molecule has 4 heteroatoms. The minimum absolute atomic E-state index is 0.363. The number of aryl methyl sites for hydroxylation is 1. The van der Waals surface area contributed by atoms with Gasteiger partial charge in [0, 0.05) is 0 Å². The molecule has 0 saturated heterocycles. The van der Waals surface area contributed by atoms with Crippen LogP contribution in [0.3, 0.4) is 0 Å². The predicted molar refractivity (Wildman–Crippen MR) is 47.4 cm³/mol. The molecule has 1 aromatic carbocycles. The quantitative estimate of drug-likeness (QED) is 0.745. The van der Waals surface area contributed by atoms with Gasteiger partial charge in [0.1, 0.15) is 12.4 Å². The molecule has 0 atom stereocenters. The smallest absolute Gasteiger partial charge is 0.272 e. The van der Waals surface area contributed by atoms with Gasteiger partial charge < -0.3 is 4.74 Å². The topological polar surface area (TPSA) is 33.0 Å². The van der Waals surface area contributed by atoms with Crippen LogP contribution in [0, 0.1) is 18.3 Å². The third kappa shape index (κ3) is 2.70. The fourth-order valence-corrected chi connectivity index (χ4v) is 1.01. The molecule has 0 unspecified atom stereocenters. The van der Waals surface area contributed by atoms with Crippen molar-refractivity contribution in [3.05, 3.63) is 29.3 Å². The van der Waals surface area contributed by atoms with E-state index in [1.165, 1.54) is 6.07 Å². The summed E-state index contributed by atoms with van der Waals surface area (Å²) in [4.78, 5) is 0. The summed E-state index contributed by atoms with van der Waals surface area (Å²) < 4.78 is 28.4. The van der Waals surface area contributed by atoms with Gasteiger partial charge in [-0.25, -0.2) is 8.78 Å². The standard InChI is InChI=1S/C10H9F2NO/c1-7-4-9(14-6-10(11)12)3-2-8(7)5-13/h2-4,10H,6H2,1H3. The van der Waals surface area contributed by atoms with E-state index in [4.69, 9.17) is 10.00 Å². The first-order valence-corrected chi connectivity index (χ1v) is 4.05. The maximum atomic E-state index is 11.8. The van der Waals surface area contributed by atoms with Gasteiger partial charge in [-0.05, 0) is 30.7 Å². The number of ether oxygens (including phenoxy) is 1. The lowest BCUT2D eigenvalue weighted by atomic mass is 10.1. The molecule has 0 saturated carbocycles. The number of hydrogen-bond acceptors (Lipinski definition) is 2. The summed E-state index contributed by atoms with van der Waals surface area (Å²) in [6.45, 7) is 1.11. The van der Waals surface area contributed by atoms with Crippen molar-refractivity contribution in [3.8, 4) is 11.8 Å². The molecule has 0 heterocycles. The minimum Gasteiger partial charge on any atom is -0.488 e. The Morgan fingerprint density at radius 3 is 2.71 bits per heavy atom. The van der Waals surface area contributed by atoms with Crippen LogP contribution in [0.25, 0.3) is 0 Å². The third-order valence-corrected chi connectivity index (χ3v) is 1.69. The van der Waals surface area contributed by atoms with Gasteiger partial charge >= 0.3 is 0 Å². The second-order valence-corrected chi connectivity index (χ2v) is 2.79. The summed E-state index contributed by atoms with van der Waals surface area (Å²) in [5, 5.41) is 8.62. The molecule has 0 spiro atoms. The van der Waals surface area contributed by atoms with Gasteiger partial charge in [-0.1, -0.05) is 0 Å². The van der Waals surface area contributed by atoms with Crippen molar-refractivity contribution in [3.63, 3.8) is 0 Å². The monoisotopic (exact) mass is 197 g/mol. The fraction of sp³-hybridized carbons (Fsp3) is 0.300. The highest BCUT2D eigenvalue weighted by Gasteiger charge is 2.04. The molecule has 0 aliphatic carbocycles. The van der Waals surface area contributed by atoms with Crippen LogP contribution in [-0.4, -0.2) is 13.0 Å². The average Bonchev–Trinajstić information content (AvgIpc) is 2.15. The number of nitrogens with zero attached hydrogens (tertiary/aromatic N) is 1. The van der Waals surface area contributed by atoms with Crippen molar-refractivity contribution in [2.75, 3.05) is 6.61 Å². The number of nitriles is 1. The van der Waals surface area contributed by atoms with Gasteiger partial charge in [-0.3, -0.25) is 0 Å². The van der Waals surface area contributed by atoms with E-state index in [-0.39, 0.29) is 0 Å². The summed E-state index contributed by atoms with van der Waals surface area (Å²) in [5.74, 6) is 0.363. The van der Waals surface area contributed by atoms with E-state index >= 15 is 0 Å². The summed E-state index contributed by atoms with van der Waals surface area (Å²) in [5.41, 5.74) is 1.24. The molecule has 0 aliphatic heterocycles. The van der Waals surface area contributed by atoms with Crippen LogP contribution in [-0.2, 0) is 0 Å². The van der Waals surface area contributed by atoms with Crippen LogP contribution in [0.4, 0.5) is 8.78 Å². The largest absolute Gasteiger partial charge is 0.488 e. The number of benzene rings is 1. The summed E-state index contributed by atoms with van der Waals surface area (Å²) >= 11 is 0. The molecule has 0 fully saturated rings. The van der Waals surface area contributed by atoms with Crippen LogP contribution in [0.5, 0.6) is 5.75 Å². The number of halogens is 2. The van der Waals surface area contributed by atoms with Gasteiger partial charge in [0.2, 0.25) is 0 Å². The van der Waals surface area contributed by atoms with E-state index in [0.29, 0.717) is 11.3 Å². The molecule has 0 N–H and O–H groups in total. The molecule has 0 amide bonds. The molecule has 74 valence electrons. The number of rotatable bonds is 3. The van der Waals surface area contributed by atoms with E-state index in [1.54, 1.807) is 19.1 Å². The molecular weight excluding hydrogens is 188 g/mol. The Morgan fingerprint density at radius 2 is 2.21 bits per heavy atom. The van der Waals surface area contributed by atoms with E-state index in [9.17, 15) is 8.78 Å². The van der Waals surface area contributed by atoms with Crippen LogP contribution < -0.4 is 4.74 Å². The van der Waals surface area contributed by atoms with E-state index in [1.807, 2.05) is 6.07 Å². The van der Waals surface area contributed by atoms with Gasteiger partial charge in [0.05, 0.1) is 11.6 Å². The zero-order valence-electron chi connectivity index (χ0n) is 7.63. The summed E-state index contributed by atoms with van der Waals surface area (Å²) in [6.07, 6.45) is -2.48. The molecule has 2 nitrogen and oxygen atoms in total. The van der Waals surface area contributed by atoms with Crippen molar-refractivity contribution in [1.82, 2.24) is 0 Å². The van der Waals surface area contributed by atoms with Crippen molar-refractivity contribution < 1.29 is 13.5 Å². The van der Waals surface area contributed by atoms with E-state index in [0.717, 1.165) is 5.56 Å². The van der Waals surface area contributed by atoms with Gasteiger partial charge in [0.15, 0.2) is 0 Å². The highest BCUT2D eigenvalue weighted by atomic mass is 19.3. The van der Waals surface area contributed by atoms with Crippen molar-refractivity contribution >= 4 is 0 Å². The van der Waals surface area contributed by atoms with Crippen LogP contribution in [0.1, 0.15) is 11.1 Å². The Balaban J connectivity index is 2.73. The lowest BCUT2D eigenvalue weighted by Crippen LogP contribution is -2.07. The average molecular weight is 197 g/mol. The van der Waals surface area contributed by atoms with Crippen molar-refractivity contribution in [2.45, 2.75) is 13.3 Å². The highest BCUT2D eigenvalue weighted by molar-refractivity contribution is 5.41. The van der Waals surface area contributed by atoms with Crippen LogP contribution >= 0.6 is 0 Å².